The predicted molar refractivity (Wildman–Crippen MR) is 113 cm³/mol. The smallest absolute Gasteiger partial charge is 0.255 e. The minimum Gasteiger partial charge on any atom is -0.361 e. The topological polar surface area (TPSA) is 78.1 Å². The fourth-order valence-corrected chi connectivity index (χ4v) is 4.17. The maximum Gasteiger partial charge on any atom is 0.255 e. The Bertz CT molecular complexity index is 1140. The summed E-state index contributed by atoms with van der Waals surface area (Å²) >= 11 is 0. The molecule has 1 aliphatic rings. The first-order chi connectivity index (χ1) is 14.9. The second kappa shape index (κ2) is 8.45. The minimum atomic E-state index is -0.757. The van der Waals surface area contributed by atoms with Crippen molar-refractivity contribution in [3.63, 3.8) is 0 Å². The highest BCUT2D eigenvalue weighted by molar-refractivity contribution is 5.94. The van der Waals surface area contributed by atoms with Crippen molar-refractivity contribution < 1.29 is 18.4 Å². The number of H-pyrrole nitrogens is 1. The second-order valence-electron chi connectivity index (χ2n) is 7.92. The number of hydrogen-bond acceptors (Lipinski definition) is 3. The van der Waals surface area contributed by atoms with Crippen LogP contribution in [0.1, 0.15) is 43.0 Å². The summed E-state index contributed by atoms with van der Waals surface area (Å²) in [6.07, 6.45) is 5.52. The summed E-state index contributed by atoms with van der Waals surface area (Å²) in [5.41, 5.74) is 0.623. The molecule has 3 aromatic rings. The van der Waals surface area contributed by atoms with E-state index < -0.39 is 11.6 Å². The zero-order chi connectivity index (χ0) is 22.1. The van der Waals surface area contributed by atoms with E-state index in [0.29, 0.717) is 23.7 Å². The van der Waals surface area contributed by atoms with Crippen LogP contribution in [0.2, 0.25) is 0 Å². The SMILES string of the molecule is CCC(=O)N[C@H]1CC[C@@H](N(C)C(=O)c2cnc(-c3ccc4[nH]ccc4c3F)c(F)c2)C1. The van der Waals surface area contributed by atoms with Gasteiger partial charge in [-0.3, -0.25) is 14.6 Å². The number of benzene rings is 1. The van der Waals surface area contributed by atoms with Crippen LogP contribution >= 0.6 is 0 Å². The van der Waals surface area contributed by atoms with Crippen molar-refractivity contribution in [1.82, 2.24) is 20.2 Å². The molecular weight excluding hydrogens is 402 g/mol. The van der Waals surface area contributed by atoms with Crippen molar-refractivity contribution >= 4 is 22.7 Å². The summed E-state index contributed by atoms with van der Waals surface area (Å²) < 4.78 is 29.6. The van der Waals surface area contributed by atoms with Gasteiger partial charge in [0.25, 0.3) is 5.91 Å². The van der Waals surface area contributed by atoms with Crippen LogP contribution in [0.5, 0.6) is 0 Å². The number of nitrogens with zero attached hydrogens (tertiary/aromatic N) is 2. The molecule has 0 spiro atoms. The molecular formula is C23H24F2N4O2. The molecule has 2 atom stereocenters. The molecule has 0 radical (unpaired) electrons. The lowest BCUT2D eigenvalue weighted by molar-refractivity contribution is -0.121. The average Bonchev–Trinajstić information content (AvgIpc) is 3.43. The van der Waals surface area contributed by atoms with Crippen LogP contribution in [0.3, 0.4) is 0 Å². The highest BCUT2D eigenvalue weighted by Crippen LogP contribution is 2.30. The van der Waals surface area contributed by atoms with Crippen molar-refractivity contribution in [2.75, 3.05) is 7.05 Å². The fourth-order valence-electron chi connectivity index (χ4n) is 4.17. The van der Waals surface area contributed by atoms with Crippen molar-refractivity contribution in [2.45, 2.75) is 44.7 Å². The number of rotatable bonds is 5. The standard InChI is InChI=1S/C23H24F2N4O2/c1-3-20(30)28-14-4-5-15(11-14)29(2)23(31)13-10-18(24)22(27-12-13)17-6-7-19-16(21(17)25)8-9-26-19/h6-10,12,14-15,26H,3-5,11H2,1-2H3,(H,28,30)/t14-,15+/m0/s1. The van der Waals surface area contributed by atoms with Gasteiger partial charge in [0.15, 0.2) is 0 Å². The van der Waals surface area contributed by atoms with E-state index in [1.54, 1.807) is 37.2 Å². The molecule has 6 nitrogen and oxygen atoms in total. The number of nitrogens with one attached hydrogen (secondary N) is 2. The van der Waals surface area contributed by atoms with Gasteiger partial charge in [-0.25, -0.2) is 8.78 Å². The Kier molecular flexibility index (Phi) is 5.71. The third kappa shape index (κ3) is 4.02. The summed E-state index contributed by atoms with van der Waals surface area (Å²) in [6, 6.07) is 5.80. The van der Waals surface area contributed by atoms with Gasteiger partial charge >= 0.3 is 0 Å². The van der Waals surface area contributed by atoms with Crippen molar-refractivity contribution in [2.24, 2.45) is 0 Å². The molecule has 2 heterocycles. The molecule has 162 valence electrons. The number of carbonyl (C=O) groups excluding carboxylic acids is 2. The first-order valence-electron chi connectivity index (χ1n) is 10.4. The number of amides is 2. The Morgan fingerprint density at radius 1 is 1.26 bits per heavy atom. The lowest BCUT2D eigenvalue weighted by Gasteiger charge is -2.25. The largest absolute Gasteiger partial charge is 0.361 e. The maximum absolute atomic E-state index is 14.8. The van der Waals surface area contributed by atoms with Gasteiger partial charge in [0.05, 0.1) is 5.56 Å². The number of fused-ring (bicyclic) bond motifs is 1. The molecule has 0 saturated heterocycles. The van der Waals surface area contributed by atoms with Gasteiger partial charge in [-0.15, -0.1) is 0 Å². The molecule has 0 bridgehead atoms. The highest BCUT2D eigenvalue weighted by atomic mass is 19.1. The van der Waals surface area contributed by atoms with Crippen LogP contribution in [-0.4, -0.2) is 45.8 Å². The van der Waals surface area contributed by atoms with Crippen LogP contribution in [0.4, 0.5) is 8.78 Å². The molecule has 0 unspecified atom stereocenters. The Morgan fingerprint density at radius 3 is 2.81 bits per heavy atom. The molecule has 2 aromatic heterocycles. The zero-order valence-electron chi connectivity index (χ0n) is 17.4. The van der Waals surface area contributed by atoms with Crippen LogP contribution < -0.4 is 5.32 Å². The molecule has 0 aliphatic heterocycles. The average molecular weight is 426 g/mol. The number of hydrogen-bond donors (Lipinski definition) is 2. The van der Waals surface area contributed by atoms with Crippen LogP contribution in [0, 0.1) is 11.6 Å². The van der Waals surface area contributed by atoms with E-state index in [-0.39, 0.29) is 40.7 Å². The molecule has 1 aromatic carbocycles. The van der Waals surface area contributed by atoms with Gasteiger partial charge in [0.2, 0.25) is 5.91 Å². The number of halogens is 2. The van der Waals surface area contributed by atoms with Gasteiger partial charge in [-0.2, -0.15) is 0 Å². The highest BCUT2D eigenvalue weighted by Gasteiger charge is 2.31. The van der Waals surface area contributed by atoms with Gasteiger partial charge in [0, 0.05) is 54.4 Å². The molecule has 1 aliphatic carbocycles. The molecule has 8 heteroatoms. The first kappa shape index (κ1) is 21.0. The second-order valence-corrected chi connectivity index (χ2v) is 7.92. The Balaban J connectivity index is 1.51. The van der Waals surface area contributed by atoms with Gasteiger partial charge in [-0.1, -0.05) is 6.92 Å². The number of carbonyl (C=O) groups is 2. The quantitative estimate of drug-likeness (QED) is 0.647. The van der Waals surface area contributed by atoms with Crippen LogP contribution in [0.25, 0.3) is 22.2 Å². The fraction of sp³-hybridized carbons (Fsp3) is 0.348. The summed E-state index contributed by atoms with van der Waals surface area (Å²) in [5, 5.41) is 3.31. The lowest BCUT2D eigenvalue weighted by Crippen LogP contribution is -2.38. The Labute approximate surface area is 178 Å². The van der Waals surface area contributed by atoms with Crippen molar-refractivity contribution in [3.8, 4) is 11.3 Å². The monoisotopic (exact) mass is 426 g/mol. The van der Waals surface area contributed by atoms with E-state index in [1.807, 2.05) is 0 Å². The number of aromatic nitrogens is 2. The third-order valence-corrected chi connectivity index (χ3v) is 5.97. The summed E-state index contributed by atoms with van der Waals surface area (Å²) in [6.45, 7) is 1.80. The van der Waals surface area contributed by atoms with Crippen LogP contribution in [-0.2, 0) is 4.79 Å². The summed E-state index contributed by atoms with van der Waals surface area (Å²) in [7, 11) is 1.67. The van der Waals surface area contributed by atoms with Gasteiger partial charge < -0.3 is 15.2 Å². The summed E-state index contributed by atoms with van der Waals surface area (Å²) in [4.78, 5) is 33.0. The minimum absolute atomic E-state index is 0.00783. The molecule has 4 rings (SSSR count). The van der Waals surface area contributed by atoms with E-state index in [2.05, 4.69) is 15.3 Å². The Hall–Kier alpha value is -3.29. The molecule has 2 N–H and O–H groups in total. The van der Waals surface area contributed by atoms with E-state index >= 15 is 0 Å². The zero-order valence-corrected chi connectivity index (χ0v) is 17.4. The van der Waals surface area contributed by atoms with Gasteiger partial charge in [0.1, 0.15) is 17.3 Å². The number of pyridine rings is 1. The van der Waals surface area contributed by atoms with Gasteiger partial charge in [-0.05, 0) is 43.5 Å². The van der Waals surface area contributed by atoms with E-state index in [0.717, 1.165) is 18.9 Å². The van der Waals surface area contributed by atoms with Crippen molar-refractivity contribution in [1.29, 1.82) is 0 Å². The molecule has 1 saturated carbocycles. The normalized spacial score (nSPS) is 18.3. The summed E-state index contributed by atoms with van der Waals surface area (Å²) in [5.74, 6) is -1.68. The Morgan fingerprint density at radius 2 is 2.06 bits per heavy atom. The van der Waals surface area contributed by atoms with Crippen LogP contribution in [0.15, 0.2) is 36.7 Å². The molecule has 31 heavy (non-hydrogen) atoms. The molecule has 1 fully saturated rings. The predicted octanol–water partition coefficient (Wildman–Crippen LogP) is 4.03. The lowest BCUT2D eigenvalue weighted by atomic mass is 10.1. The van der Waals surface area contributed by atoms with E-state index in [9.17, 15) is 18.4 Å². The number of aromatic amines is 1. The first-order valence-corrected chi connectivity index (χ1v) is 10.4. The van der Waals surface area contributed by atoms with E-state index in [4.69, 9.17) is 0 Å². The van der Waals surface area contributed by atoms with E-state index in [1.165, 1.54) is 12.3 Å². The maximum atomic E-state index is 14.8. The molecule has 2 amide bonds. The van der Waals surface area contributed by atoms with Crippen molar-refractivity contribution in [3.05, 3.63) is 53.9 Å². The third-order valence-electron chi connectivity index (χ3n) is 5.97.